The molecule has 0 saturated carbocycles. The van der Waals surface area contributed by atoms with E-state index in [0.717, 1.165) is 62.8 Å². The maximum absolute atomic E-state index is 5.51. The lowest BCUT2D eigenvalue weighted by Crippen LogP contribution is -2.41. The molecule has 26 heavy (non-hydrogen) atoms. The molecule has 0 radical (unpaired) electrons. The highest BCUT2D eigenvalue weighted by Crippen LogP contribution is 2.26. The van der Waals surface area contributed by atoms with Gasteiger partial charge < -0.3 is 19.9 Å². The normalized spacial score (nSPS) is 23.5. The Morgan fingerprint density at radius 2 is 2.27 bits per heavy atom. The van der Waals surface area contributed by atoms with Gasteiger partial charge in [-0.05, 0) is 43.9 Å². The van der Waals surface area contributed by atoms with E-state index in [1.54, 1.807) is 0 Å². The van der Waals surface area contributed by atoms with E-state index < -0.39 is 0 Å². The van der Waals surface area contributed by atoms with Crippen LogP contribution in [0.2, 0.25) is 0 Å². The van der Waals surface area contributed by atoms with E-state index in [1.165, 1.54) is 12.1 Å². The topological polar surface area (TPSA) is 40.1 Å². The van der Waals surface area contributed by atoms with Crippen LogP contribution < -0.4 is 10.2 Å². The highest BCUT2D eigenvalue weighted by Gasteiger charge is 2.23. The zero-order valence-electron chi connectivity index (χ0n) is 16.0. The molecule has 1 N–H and O–H groups in total. The molecule has 2 saturated heterocycles. The lowest BCUT2D eigenvalue weighted by atomic mass is 10.1. The number of guanidine groups is 1. The second kappa shape index (κ2) is 9.60. The van der Waals surface area contributed by atoms with Crippen molar-refractivity contribution in [2.45, 2.75) is 19.8 Å². The van der Waals surface area contributed by atoms with Crippen molar-refractivity contribution in [3.63, 3.8) is 0 Å². The molecule has 2 fully saturated rings. The molecule has 0 spiro atoms. The SMILES string of the molecule is CCNC(=NCC1CCN(c2cccc(Br)c2)C1)N(C)CC1CCOC1. The molecule has 6 heteroatoms. The summed E-state index contributed by atoms with van der Waals surface area (Å²) in [5.74, 6) is 2.27. The number of anilines is 1. The van der Waals surface area contributed by atoms with Crippen molar-refractivity contribution in [3.8, 4) is 0 Å². The Labute approximate surface area is 165 Å². The van der Waals surface area contributed by atoms with Crippen LogP contribution in [0.25, 0.3) is 0 Å². The van der Waals surface area contributed by atoms with Gasteiger partial charge in [-0.1, -0.05) is 22.0 Å². The molecule has 1 aromatic carbocycles. The fraction of sp³-hybridized carbons (Fsp3) is 0.650. The quantitative estimate of drug-likeness (QED) is 0.564. The number of benzene rings is 1. The minimum absolute atomic E-state index is 0.617. The third kappa shape index (κ3) is 5.36. The van der Waals surface area contributed by atoms with Crippen LogP contribution in [-0.4, -0.2) is 63.8 Å². The maximum atomic E-state index is 5.51. The van der Waals surface area contributed by atoms with Crippen LogP contribution in [-0.2, 0) is 4.74 Å². The average molecular weight is 423 g/mol. The first-order valence-electron chi connectivity index (χ1n) is 9.73. The first-order chi connectivity index (χ1) is 12.7. The van der Waals surface area contributed by atoms with Gasteiger partial charge in [0.15, 0.2) is 5.96 Å². The number of hydrogen-bond acceptors (Lipinski definition) is 3. The molecule has 0 amide bonds. The minimum atomic E-state index is 0.617. The summed E-state index contributed by atoms with van der Waals surface area (Å²) in [5, 5.41) is 3.45. The summed E-state index contributed by atoms with van der Waals surface area (Å²) >= 11 is 3.57. The monoisotopic (exact) mass is 422 g/mol. The largest absolute Gasteiger partial charge is 0.381 e. The van der Waals surface area contributed by atoms with Crippen LogP contribution in [0.4, 0.5) is 5.69 Å². The highest BCUT2D eigenvalue weighted by atomic mass is 79.9. The van der Waals surface area contributed by atoms with Crippen molar-refractivity contribution in [1.29, 1.82) is 0 Å². The number of ether oxygens (including phenoxy) is 1. The summed E-state index contributed by atoms with van der Waals surface area (Å²) in [4.78, 5) is 9.68. The molecular weight excluding hydrogens is 392 g/mol. The van der Waals surface area contributed by atoms with Gasteiger partial charge in [0.25, 0.3) is 0 Å². The van der Waals surface area contributed by atoms with E-state index in [9.17, 15) is 0 Å². The van der Waals surface area contributed by atoms with Gasteiger partial charge in [-0.25, -0.2) is 0 Å². The second-order valence-corrected chi connectivity index (χ2v) is 8.30. The Hall–Kier alpha value is -1.27. The Bertz CT molecular complexity index is 603. The van der Waals surface area contributed by atoms with E-state index in [4.69, 9.17) is 9.73 Å². The van der Waals surface area contributed by atoms with Crippen LogP contribution in [0.3, 0.4) is 0 Å². The summed E-state index contributed by atoms with van der Waals surface area (Å²) < 4.78 is 6.65. The van der Waals surface area contributed by atoms with Gasteiger partial charge in [0.1, 0.15) is 0 Å². The van der Waals surface area contributed by atoms with Gasteiger partial charge in [0.2, 0.25) is 0 Å². The summed E-state index contributed by atoms with van der Waals surface area (Å²) in [6.07, 6.45) is 2.36. The zero-order valence-corrected chi connectivity index (χ0v) is 17.5. The van der Waals surface area contributed by atoms with Crippen molar-refractivity contribution in [2.24, 2.45) is 16.8 Å². The highest BCUT2D eigenvalue weighted by molar-refractivity contribution is 9.10. The van der Waals surface area contributed by atoms with Crippen molar-refractivity contribution in [3.05, 3.63) is 28.7 Å². The van der Waals surface area contributed by atoms with Gasteiger partial charge >= 0.3 is 0 Å². The number of aliphatic imine (C=N–C) groups is 1. The lowest BCUT2D eigenvalue weighted by Gasteiger charge is -2.25. The first-order valence-corrected chi connectivity index (χ1v) is 10.5. The van der Waals surface area contributed by atoms with Crippen molar-refractivity contribution in [2.75, 3.05) is 57.9 Å². The summed E-state index contributed by atoms with van der Waals surface area (Å²) in [6, 6.07) is 8.58. The average Bonchev–Trinajstić information content (AvgIpc) is 3.30. The van der Waals surface area contributed by atoms with E-state index in [-0.39, 0.29) is 0 Å². The number of nitrogens with zero attached hydrogens (tertiary/aromatic N) is 3. The molecule has 2 heterocycles. The molecule has 3 rings (SSSR count). The molecule has 144 valence electrons. The minimum Gasteiger partial charge on any atom is -0.381 e. The second-order valence-electron chi connectivity index (χ2n) is 7.39. The van der Waals surface area contributed by atoms with Gasteiger partial charge in [0.05, 0.1) is 6.61 Å². The molecular formula is C20H31BrN4O. The van der Waals surface area contributed by atoms with Crippen molar-refractivity contribution in [1.82, 2.24) is 10.2 Å². The predicted molar refractivity (Wildman–Crippen MR) is 112 cm³/mol. The van der Waals surface area contributed by atoms with Crippen LogP contribution in [0.15, 0.2) is 33.7 Å². The molecule has 2 atom stereocenters. The Morgan fingerprint density at radius 1 is 1.38 bits per heavy atom. The molecule has 5 nitrogen and oxygen atoms in total. The van der Waals surface area contributed by atoms with Crippen molar-refractivity contribution < 1.29 is 4.74 Å². The van der Waals surface area contributed by atoms with Gasteiger partial charge in [-0.2, -0.15) is 0 Å². The molecule has 2 aliphatic heterocycles. The Kier molecular flexibility index (Phi) is 7.20. The molecule has 2 unspecified atom stereocenters. The smallest absolute Gasteiger partial charge is 0.193 e. The third-order valence-corrected chi connectivity index (χ3v) is 5.70. The summed E-state index contributed by atoms with van der Waals surface area (Å²) in [7, 11) is 2.14. The predicted octanol–water partition coefficient (Wildman–Crippen LogP) is 3.21. The number of nitrogens with one attached hydrogen (secondary N) is 1. The standard InChI is InChI=1S/C20H31BrN4O/c1-3-22-20(24(2)13-17-8-10-26-15-17)23-12-16-7-9-25(14-16)19-6-4-5-18(21)11-19/h4-6,11,16-17H,3,7-10,12-15H2,1-2H3,(H,22,23). The molecule has 0 aromatic heterocycles. The van der Waals surface area contributed by atoms with Gasteiger partial charge in [-0.3, -0.25) is 4.99 Å². The first kappa shape index (κ1) is 19.5. The molecule has 0 aliphatic carbocycles. The number of rotatable bonds is 6. The zero-order chi connectivity index (χ0) is 18.4. The lowest BCUT2D eigenvalue weighted by molar-refractivity contribution is 0.181. The third-order valence-electron chi connectivity index (χ3n) is 5.21. The number of hydrogen-bond donors (Lipinski definition) is 1. The summed E-state index contributed by atoms with van der Waals surface area (Å²) in [5.41, 5.74) is 1.30. The molecule has 0 bridgehead atoms. The molecule has 1 aromatic rings. The van der Waals surface area contributed by atoms with Crippen LogP contribution in [0, 0.1) is 11.8 Å². The maximum Gasteiger partial charge on any atom is 0.193 e. The Balaban J connectivity index is 1.54. The summed E-state index contributed by atoms with van der Waals surface area (Å²) in [6.45, 7) is 8.92. The fourth-order valence-electron chi connectivity index (χ4n) is 3.78. The molecule has 2 aliphatic rings. The van der Waals surface area contributed by atoms with Crippen LogP contribution in [0.1, 0.15) is 19.8 Å². The van der Waals surface area contributed by atoms with Gasteiger partial charge in [0, 0.05) is 62.5 Å². The van der Waals surface area contributed by atoms with E-state index in [0.29, 0.717) is 11.8 Å². The van der Waals surface area contributed by atoms with E-state index >= 15 is 0 Å². The fourth-order valence-corrected chi connectivity index (χ4v) is 4.16. The van der Waals surface area contributed by atoms with E-state index in [2.05, 4.69) is 69.3 Å². The van der Waals surface area contributed by atoms with Crippen LogP contribution in [0.5, 0.6) is 0 Å². The van der Waals surface area contributed by atoms with Gasteiger partial charge in [-0.15, -0.1) is 0 Å². The Morgan fingerprint density at radius 3 is 3.00 bits per heavy atom. The number of halogens is 1. The van der Waals surface area contributed by atoms with Crippen molar-refractivity contribution >= 4 is 27.6 Å². The van der Waals surface area contributed by atoms with E-state index in [1.807, 2.05) is 0 Å². The van der Waals surface area contributed by atoms with Crippen LogP contribution >= 0.6 is 15.9 Å².